The minimum absolute atomic E-state index is 0.0607. The van der Waals surface area contributed by atoms with Crippen LogP contribution in [0.2, 0.25) is 0 Å². The highest BCUT2D eigenvalue weighted by molar-refractivity contribution is 5.84. The average Bonchev–Trinajstić information content (AvgIpc) is 3.01. The topological polar surface area (TPSA) is 196 Å². The Hall–Kier alpha value is -3.84. The van der Waals surface area contributed by atoms with Crippen LogP contribution in [0.25, 0.3) is 16.9 Å². The van der Waals surface area contributed by atoms with Gasteiger partial charge in [-0.05, 0) is 10.3 Å². The molecule has 1 aromatic carbocycles. The second-order valence-corrected chi connectivity index (χ2v) is 3.98. The zero-order valence-corrected chi connectivity index (χ0v) is 10.3. The number of nitrogens with zero attached hydrogens (tertiary/aromatic N) is 7. The molecular formula is C8H4N8O6. The summed E-state index contributed by atoms with van der Waals surface area (Å²) < 4.78 is 4.31. The number of nitrogen functional groups attached to an aromatic ring is 1. The van der Waals surface area contributed by atoms with E-state index < -0.39 is 26.7 Å². The second kappa shape index (κ2) is 4.33. The molecule has 0 amide bonds. The van der Waals surface area contributed by atoms with Gasteiger partial charge in [0.25, 0.3) is 5.69 Å². The number of hydrogen-bond donors (Lipinski definition) is 1. The monoisotopic (exact) mass is 308 g/mol. The Morgan fingerprint density at radius 1 is 1.23 bits per heavy atom. The molecule has 14 heteroatoms. The fraction of sp³-hybridized carbons (Fsp3) is 0. The van der Waals surface area contributed by atoms with Crippen molar-refractivity contribution in [3.8, 4) is 5.82 Å². The number of nitro groups is 2. The van der Waals surface area contributed by atoms with Crippen LogP contribution < -0.4 is 10.6 Å². The smallest absolute Gasteiger partial charge is 0.334 e. The lowest BCUT2D eigenvalue weighted by atomic mass is 10.2. The Bertz CT molecular complexity index is 928. The lowest BCUT2D eigenvalue weighted by Gasteiger charge is -2.00. The summed E-state index contributed by atoms with van der Waals surface area (Å²) in [5.41, 5.74) is 3.31. The molecule has 14 nitrogen and oxygen atoms in total. The normalized spacial score (nSPS) is 10.9. The third kappa shape index (κ3) is 1.74. The molecule has 2 aromatic heterocycles. The number of fused-ring (bicyclic) bond motifs is 1. The molecule has 0 unspecified atom stereocenters. The Kier molecular flexibility index (Phi) is 2.59. The van der Waals surface area contributed by atoms with Crippen molar-refractivity contribution in [2.75, 3.05) is 5.73 Å². The molecule has 0 saturated heterocycles. The van der Waals surface area contributed by atoms with Gasteiger partial charge in [0.15, 0.2) is 0 Å². The van der Waals surface area contributed by atoms with E-state index in [0.717, 1.165) is 6.07 Å². The maximum atomic E-state index is 12.1. The van der Waals surface area contributed by atoms with E-state index in [1.54, 1.807) is 0 Å². The van der Waals surface area contributed by atoms with Crippen LogP contribution in [0.5, 0.6) is 0 Å². The lowest BCUT2D eigenvalue weighted by Crippen LogP contribution is -2.37. The highest BCUT2D eigenvalue weighted by Gasteiger charge is 2.32. The second-order valence-electron chi connectivity index (χ2n) is 3.98. The van der Waals surface area contributed by atoms with Crippen molar-refractivity contribution in [1.29, 1.82) is 0 Å². The highest BCUT2D eigenvalue weighted by atomic mass is 16.6. The fourth-order valence-corrected chi connectivity index (χ4v) is 1.78. The third-order valence-electron chi connectivity index (χ3n) is 2.72. The van der Waals surface area contributed by atoms with Crippen LogP contribution >= 0.6 is 0 Å². The summed E-state index contributed by atoms with van der Waals surface area (Å²) >= 11 is 0. The van der Waals surface area contributed by atoms with E-state index in [4.69, 9.17) is 5.73 Å². The van der Waals surface area contributed by atoms with E-state index in [-0.39, 0.29) is 22.0 Å². The number of nitro benzene ring substituents is 2. The maximum Gasteiger partial charge on any atom is 0.334 e. The van der Waals surface area contributed by atoms with Gasteiger partial charge >= 0.3 is 17.0 Å². The van der Waals surface area contributed by atoms with Gasteiger partial charge in [0.05, 0.1) is 27.1 Å². The number of anilines is 1. The summed E-state index contributed by atoms with van der Waals surface area (Å²) in [4.78, 5) is 20.7. The third-order valence-corrected chi connectivity index (χ3v) is 2.72. The van der Waals surface area contributed by atoms with Crippen LogP contribution in [0.15, 0.2) is 16.8 Å². The molecule has 2 N–H and O–H groups in total. The molecule has 0 spiro atoms. The standard InChI is InChI=1S/C8H4N8O6/c9-7-8(12-22-11-7)13-10-6-4(14(13)17)1-3(15(18)19)2-5(6)16(20)21/h1-2H,(H2,9,11). The molecule has 0 fully saturated rings. The number of hydrogen-bond acceptors (Lipinski definition) is 10. The van der Waals surface area contributed by atoms with Crippen molar-refractivity contribution in [2.24, 2.45) is 0 Å². The summed E-state index contributed by atoms with van der Waals surface area (Å²) in [6.07, 6.45) is 0. The van der Waals surface area contributed by atoms with Crippen LogP contribution in [-0.4, -0.2) is 30.1 Å². The summed E-state index contributed by atoms with van der Waals surface area (Å²) in [6.45, 7) is 0. The average molecular weight is 308 g/mol. The first-order valence-electron chi connectivity index (χ1n) is 5.44. The minimum atomic E-state index is -0.892. The van der Waals surface area contributed by atoms with Crippen molar-refractivity contribution in [3.05, 3.63) is 37.6 Å². The highest BCUT2D eigenvalue weighted by Crippen LogP contribution is 2.28. The minimum Gasteiger partial charge on any atom is -0.692 e. The zero-order valence-electron chi connectivity index (χ0n) is 10.3. The molecule has 22 heavy (non-hydrogen) atoms. The lowest BCUT2D eigenvalue weighted by molar-refractivity contribution is -0.665. The van der Waals surface area contributed by atoms with Gasteiger partial charge in [-0.1, -0.05) is 0 Å². The Balaban J connectivity index is 2.38. The van der Waals surface area contributed by atoms with Gasteiger partial charge in [0.2, 0.25) is 11.3 Å². The van der Waals surface area contributed by atoms with Crippen LogP contribution in [0, 0.1) is 25.4 Å². The van der Waals surface area contributed by atoms with E-state index in [9.17, 15) is 25.4 Å². The largest absolute Gasteiger partial charge is 0.692 e. The van der Waals surface area contributed by atoms with Crippen molar-refractivity contribution < 1.29 is 19.3 Å². The predicted octanol–water partition coefficient (Wildman–Crippen LogP) is -0.560. The van der Waals surface area contributed by atoms with Gasteiger partial charge in [-0.25, -0.2) is 4.63 Å². The molecular weight excluding hydrogens is 304 g/mol. The number of nitrogens with two attached hydrogens (primary N) is 1. The molecule has 0 aliphatic rings. The fourth-order valence-electron chi connectivity index (χ4n) is 1.78. The number of non-ortho nitro benzene ring substituents is 2. The molecule has 3 rings (SSSR count). The molecule has 0 atom stereocenters. The molecule has 2 heterocycles. The quantitative estimate of drug-likeness (QED) is 0.283. The molecule has 0 saturated carbocycles. The molecule has 3 aromatic rings. The first-order valence-corrected chi connectivity index (χ1v) is 5.44. The van der Waals surface area contributed by atoms with Gasteiger partial charge in [0, 0.05) is 4.80 Å². The SMILES string of the molecule is Nc1nonc1-n1nc2c([N+](=O)[O-])cc([N+](=O)[O-])cc2[n+]1[O-]. The van der Waals surface area contributed by atoms with E-state index in [2.05, 4.69) is 20.0 Å². The van der Waals surface area contributed by atoms with E-state index in [1.165, 1.54) is 0 Å². The van der Waals surface area contributed by atoms with Gasteiger partial charge in [-0.15, -0.1) is 4.85 Å². The van der Waals surface area contributed by atoms with Crippen LogP contribution in [0.1, 0.15) is 0 Å². The molecule has 0 aliphatic carbocycles. The van der Waals surface area contributed by atoms with Crippen molar-refractivity contribution in [3.63, 3.8) is 0 Å². The first kappa shape index (κ1) is 13.2. The maximum absolute atomic E-state index is 12.1. The van der Waals surface area contributed by atoms with Crippen molar-refractivity contribution >= 4 is 28.2 Å². The summed E-state index contributed by atoms with van der Waals surface area (Å²) in [5, 5.41) is 44.2. The summed E-state index contributed by atoms with van der Waals surface area (Å²) in [5.74, 6) is -0.585. The molecule has 0 bridgehead atoms. The van der Waals surface area contributed by atoms with E-state index in [1.807, 2.05) is 0 Å². The zero-order chi connectivity index (χ0) is 16.0. The van der Waals surface area contributed by atoms with E-state index >= 15 is 0 Å². The van der Waals surface area contributed by atoms with Gasteiger partial charge in [0.1, 0.15) is 0 Å². The Morgan fingerprint density at radius 2 is 1.95 bits per heavy atom. The Labute approximate surface area is 118 Å². The Morgan fingerprint density at radius 3 is 2.50 bits per heavy atom. The van der Waals surface area contributed by atoms with Gasteiger partial charge in [-0.3, -0.25) is 20.2 Å². The first-order chi connectivity index (χ1) is 10.4. The predicted molar refractivity (Wildman–Crippen MR) is 65.6 cm³/mol. The van der Waals surface area contributed by atoms with Crippen LogP contribution in [0.4, 0.5) is 17.2 Å². The van der Waals surface area contributed by atoms with Crippen molar-refractivity contribution in [2.45, 2.75) is 0 Å². The number of aromatic nitrogens is 5. The molecule has 0 radical (unpaired) electrons. The summed E-state index contributed by atoms with van der Waals surface area (Å²) in [7, 11) is 0. The van der Waals surface area contributed by atoms with Crippen LogP contribution in [0.3, 0.4) is 0 Å². The number of rotatable bonds is 3. The molecule has 112 valence electrons. The molecule has 0 aliphatic heterocycles. The van der Waals surface area contributed by atoms with Crippen molar-refractivity contribution in [1.82, 2.24) is 20.2 Å². The van der Waals surface area contributed by atoms with Gasteiger partial charge < -0.3 is 10.9 Å². The summed E-state index contributed by atoms with van der Waals surface area (Å²) in [6, 6.07) is 1.55. The number of benzene rings is 1. The van der Waals surface area contributed by atoms with Gasteiger partial charge in [-0.2, -0.15) is 0 Å². The van der Waals surface area contributed by atoms with Crippen LogP contribution in [-0.2, 0) is 0 Å². The van der Waals surface area contributed by atoms with E-state index in [0.29, 0.717) is 10.9 Å².